The van der Waals surface area contributed by atoms with Gasteiger partial charge in [0.05, 0.1) is 16.4 Å². The van der Waals surface area contributed by atoms with E-state index in [0.29, 0.717) is 17.5 Å². The van der Waals surface area contributed by atoms with Crippen LogP contribution in [-0.2, 0) is 5.41 Å². The molecule has 0 atom stereocenters. The van der Waals surface area contributed by atoms with Gasteiger partial charge >= 0.3 is 0 Å². The van der Waals surface area contributed by atoms with Crippen LogP contribution in [0.25, 0.3) is 106 Å². The summed E-state index contributed by atoms with van der Waals surface area (Å²) in [5, 5.41) is 4.49. The van der Waals surface area contributed by atoms with E-state index in [0.717, 1.165) is 60.7 Å². The number of hydrogen-bond donors (Lipinski definition) is 0. The minimum Gasteiger partial charge on any atom is -0.454 e. The Labute approximate surface area is 362 Å². The van der Waals surface area contributed by atoms with E-state index in [4.69, 9.17) is 19.4 Å². The zero-order chi connectivity index (χ0) is 41.2. The van der Waals surface area contributed by atoms with E-state index < -0.39 is 5.41 Å². The molecular weight excluding hydrogens is 769 g/mol. The van der Waals surface area contributed by atoms with Crippen LogP contribution >= 0.6 is 0 Å². The molecule has 1 spiro atoms. The van der Waals surface area contributed by atoms with E-state index in [-0.39, 0.29) is 0 Å². The van der Waals surface area contributed by atoms with Gasteiger partial charge in [0, 0.05) is 43.9 Å². The van der Waals surface area contributed by atoms with Gasteiger partial charge in [-0.2, -0.15) is 0 Å². The Morgan fingerprint density at radius 2 is 0.889 bits per heavy atom. The topological polar surface area (TPSA) is 56.7 Å². The van der Waals surface area contributed by atoms with Crippen LogP contribution in [0.3, 0.4) is 0 Å². The summed E-state index contributed by atoms with van der Waals surface area (Å²) >= 11 is 0. The highest BCUT2D eigenvalue weighted by atomic mass is 16.3. The Bertz CT molecular complexity index is 3760. The summed E-state index contributed by atoms with van der Waals surface area (Å²) in [6.45, 7) is 0. The average molecular weight is 803 g/mol. The first-order valence-corrected chi connectivity index (χ1v) is 21.4. The monoisotopic (exact) mass is 802 g/mol. The number of nitrogens with zero attached hydrogens (tertiary/aromatic N) is 4. The van der Waals surface area contributed by atoms with Crippen molar-refractivity contribution in [2.24, 2.45) is 0 Å². The zero-order valence-corrected chi connectivity index (χ0v) is 33.8. The molecule has 12 aromatic rings. The lowest BCUT2D eigenvalue weighted by Crippen LogP contribution is -2.25. The molecular formula is C58H34N4O. The van der Waals surface area contributed by atoms with E-state index in [1.807, 2.05) is 66.7 Å². The van der Waals surface area contributed by atoms with Crippen LogP contribution in [-0.4, -0.2) is 19.5 Å². The van der Waals surface area contributed by atoms with Crippen molar-refractivity contribution in [2.45, 2.75) is 5.41 Å². The molecule has 0 amide bonds. The largest absolute Gasteiger partial charge is 0.454 e. The number of para-hydroxylation sites is 1. The average Bonchev–Trinajstić information content (AvgIpc) is 4.07. The molecule has 0 saturated heterocycles. The molecule has 3 aromatic heterocycles. The lowest BCUT2D eigenvalue weighted by molar-refractivity contribution is 0.671. The van der Waals surface area contributed by atoms with Crippen molar-refractivity contribution < 1.29 is 4.42 Å². The molecule has 3 heterocycles. The van der Waals surface area contributed by atoms with Crippen LogP contribution in [0.15, 0.2) is 211 Å². The Hall–Kier alpha value is -8.41. The quantitative estimate of drug-likeness (QED) is 0.178. The second-order valence-corrected chi connectivity index (χ2v) is 16.7. The summed E-state index contributed by atoms with van der Waals surface area (Å²) in [5.74, 6) is 1.86. The molecule has 5 nitrogen and oxygen atoms in total. The van der Waals surface area contributed by atoms with Crippen molar-refractivity contribution in [3.8, 4) is 62.1 Å². The maximum Gasteiger partial charge on any atom is 0.164 e. The van der Waals surface area contributed by atoms with Crippen LogP contribution < -0.4 is 0 Å². The number of benzene rings is 9. The van der Waals surface area contributed by atoms with E-state index >= 15 is 0 Å². The molecule has 14 rings (SSSR count). The normalized spacial score (nSPS) is 13.2. The fourth-order valence-corrected chi connectivity index (χ4v) is 10.9. The lowest BCUT2D eigenvalue weighted by Gasteiger charge is -2.30. The second kappa shape index (κ2) is 12.8. The van der Waals surface area contributed by atoms with Crippen molar-refractivity contribution >= 4 is 43.7 Å². The maximum absolute atomic E-state index is 6.89. The predicted octanol–water partition coefficient (Wildman–Crippen LogP) is 14.2. The minimum atomic E-state index is -0.488. The summed E-state index contributed by atoms with van der Waals surface area (Å²) in [4.78, 5) is 15.3. The summed E-state index contributed by atoms with van der Waals surface area (Å²) < 4.78 is 9.31. The molecule has 0 saturated carbocycles. The van der Waals surface area contributed by atoms with Crippen LogP contribution in [0.5, 0.6) is 0 Å². The van der Waals surface area contributed by atoms with Gasteiger partial charge in [-0.25, -0.2) is 15.0 Å². The van der Waals surface area contributed by atoms with Gasteiger partial charge in [0.2, 0.25) is 0 Å². The fourth-order valence-electron chi connectivity index (χ4n) is 10.9. The molecule has 0 radical (unpaired) electrons. The minimum absolute atomic E-state index is 0.488. The predicted molar refractivity (Wildman–Crippen MR) is 254 cm³/mol. The van der Waals surface area contributed by atoms with Gasteiger partial charge in [-0.05, 0) is 80.9 Å². The van der Waals surface area contributed by atoms with Crippen molar-refractivity contribution in [3.05, 3.63) is 229 Å². The van der Waals surface area contributed by atoms with Crippen LogP contribution in [0.4, 0.5) is 0 Å². The van der Waals surface area contributed by atoms with Crippen molar-refractivity contribution in [3.63, 3.8) is 0 Å². The first-order chi connectivity index (χ1) is 31.2. The summed E-state index contributed by atoms with van der Waals surface area (Å²) in [6, 6.07) is 73.7. The van der Waals surface area contributed by atoms with Gasteiger partial charge in [-0.15, -0.1) is 0 Å². The highest BCUT2D eigenvalue weighted by molar-refractivity contribution is 6.22. The van der Waals surface area contributed by atoms with E-state index in [1.54, 1.807) is 0 Å². The molecule has 2 aliphatic rings. The molecule has 5 heteroatoms. The summed E-state index contributed by atoms with van der Waals surface area (Å²) in [5.41, 5.74) is 17.5. The number of fused-ring (bicyclic) bond motifs is 17. The molecule has 63 heavy (non-hydrogen) atoms. The summed E-state index contributed by atoms with van der Waals surface area (Å²) in [6.07, 6.45) is 0. The molecule has 0 unspecified atom stereocenters. The Morgan fingerprint density at radius 1 is 0.365 bits per heavy atom. The molecule has 0 aliphatic heterocycles. The highest BCUT2D eigenvalue weighted by Gasteiger charge is 2.51. The molecule has 9 aromatic carbocycles. The van der Waals surface area contributed by atoms with Crippen molar-refractivity contribution in [1.82, 2.24) is 19.5 Å². The number of hydrogen-bond acceptors (Lipinski definition) is 4. The molecule has 0 bridgehead atoms. The Kier molecular flexibility index (Phi) is 6.97. The van der Waals surface area contributed by atoms with Gasteiger partial charge in [0.1, 0.15) is 5.58 Å². The van der Waals surface area contributed by atoms with Gasteiger partial charge in [0.15, 0.2) is 23.1 Å². The summed E-state index contributed by atoms with van der Waals surface area (Å²) in [7, 11) is 0. The van der Waals surface area contributed by atoms with Gasteiger partial charge in [0.25, 0.3) is 0 Å². The number of furan rings is 1. The van der Waals surface area contributed by atoms with Crippen LogP contribution in [0.2, 0.25) is 0 Å². The number of rotatable bonds is 4. The SMILES string of the molecule is c1ccc(-c2nc(-c3ccccc3)nc(-c3cccc(-n4c5cc6c(cc5c5ccc7c8ccccc8oc7c54)-c4ccccc4C64c5ccccc5-c5ccccc54)c3)n2)cc1. The molecule has 2 aliphatic carbocycles. The third kappa shape index (κ3) is 4.68. The Morgan fingerprint density at radius 3 is 1.54 bits per heavy atom. The van der Waals surface area contributed by atoms with E-state index in [2.05, 4.69) is 144 Å². The molecule has 0 N–H and O–H groups in total. The maximum atomic E-state index is 6.89. The first-order valence-electron chi connectivity index (χ1n) is 21.4. The third-order valence-corrected chi connectivity index (χ3v) is 13.5. The van der Waals surface area contributed by atoms with Crippen LogP contribution in [0, 0.1) is 0 Å². The lowest BCUT2D eigenvalue weighted by atomic mass is 9.70. The van der Waals surface area contributed by atoms with Crippen molar-refractivity contribution in [1.29, 1.82) is 0 Å². The standard InChI is InChI=1S/C58H34N4O/c1-3-16-35(17-4-1)55-59-56(36-18-5-2-6-19-36)61-57(60-55)37-20-15-21-38(32-37)62-51-34-50-45(33-46(51)43-30-31-44-42-25-10-14-29-52(42)63-54(44)53(43)62)41-24-9-13-28-49(41)58(50)47-26-11-7-22-39(47)40-23-8-12-27-48(40)58/h1-34H. The highest BCUT2D eigenvalue weighted by Crippen LogP contribution is 2.63. The Balaban J connectivity index is 1.08. The van der Waals surface area contributed by atoms with Gasteiger partial charge < -0.3 is 8.98 Å². The first kappa shape index (κ1) is 34.3. The van der Waals surface area contributed by atoms with Gasteiger partial charge in [-0.3, -0.25) is 0 Å². The molecule has 292 valence electrons. The number of aromatic nitrogens is 4. The zero-order valence-electron chi connectivity index (χ0n) is 33.8. The van der Waals surface area contributed by atoms with E-state index in [9.17, 15) is 0 Å². The smallest absolute Gasteiger partial charge is 0.164 e. The van der Waals surface area contributed by atoms with Crippen LogP contribution in [0.1, 0.15) is 22.3 Å². The molecule has 0 fully saturated rings. The third-order valence-electron chi connectivity index (χ3n) is 13.5. The van der Waals surface area contributed by atoms with Crippen molar-refractivity contribution in [2.75, 3.05) is 0 Å². The fraction of sp³-hybridized carbons (Fsp3) is 0.0172. The van der Waals surface area contributed by atoms with Gasteiger partial charge in [-0.1, -0.05) is 170 Å². The van der Waals surface area contributed by atoms with E-state index in [1.165, 1.54) is 49.9 Å². The second-order valence-electron chi connectivity index (χ2n) is 16.7.